The summed E-state index contributed by atoms with van der Waals surface area (Å²) in [5, 5.41) is 18.3. The molecule has 3 rings (SSSR count). The Morgan fingerprint density at radius 1 is 1.50 bits per heavy atom. The van der Waals surface area contributed by atoms with E-state index in [2.05, 4.69) is 15.3 Å². The fraction of sp³-hybridized carbons (Fsp3) is 0.444. The van der Waals surface area contributed by atoms with E-state index in [1.54, 1.807) is 17.8 Å². The predicted molar refractivity (Wildman–Crippen MR) is 101 cm³/mol. The number of nitrogens with zero attached hydrogens (tertiary/aromatic N) is 4. The number of aryl methyl sites for hydroxylation is 1. The number of esters is 1. The number of anilines is 2. The average molecular weight is 391 g/mol. The van der Waals surface area contributed by atoms with Gasteiger partial charge in [0.1, 0.15) is 0 Å². The van der Waals surface area contributed by atoms with Crippen molar-refractivity contribution in [2.24, 2.45) is 7.05 Å². The smallest absolute Gasteiger partial charge is 0.340 e. The van der Waals surface area contributed by atoms with E-state index < -0.39 is 22.4 Å². The number of ether oxygens (including phenoxy) is 1. The number of halogens is 1. The highest BCUT2D eigenvalue weighted by Gasteiger charge is 2.27. The number of benzene rings is 1. The number of nitro groups is 1. The average Bonchev–Trinajstić information content (AvgIpc) is 3.10. The molecule has 1 N–H and O–H groups in total. The Labute approximate surface area is 161 Å². The molecule has 1 aliphatic rings. The molecule has 1 unspecified atom stereocenters. The van der Waals surface area contributed by atoms with E-state index in [-0.39, 0.29) is 23.9 Å². The first-order valence-electron chi connectivity index (χ1n) is 9.04. The molecule has 2 heterocycles. The van der Waals surface area contributed by atoms with Crippen molar-refractivity contribution in [3.8, 4) is 0 Å². The van der Waals surface area contributed by atoms with Gasteiger partial charge in [-0.15, -0.1) is 0 Å². The number of non-ortho nitro benzene ring substituents is 1. The lowest BCUT2D eigenvalue weighted by molar-refractivity contribution is -0.385. The van der Waals surface area contributed by atoms with Gasteiger partial charge < -0.3 is 15.0 Å². The second-order valence-corrected chi connectivity index (χ2v) is 6.63. The van der Waals surface area contributed by atoms with Crippen LogP contribution in [0.5, 0.6) is 0 Å². The lowest BCUT2D eigenvalue weighted by Crippen LogP contribution is -2.42. The van der Waals surface area contributed by atoms with Gasteiger partial charge >= 0.3 is 5.97 Å². The van der Waals surface area contributed by atoms with Crippen LogP contribution in [0.25, 0.3) is 0 Å². The molecule has 0 aliphatic carbocycles. The molecule has 1 aromatic heterocycles. The van der Waals surface area contributed by atoms with Gasteiger partial charge in [-0.2, -0.15) is 5.10 Å². The summed E-state index contributed by atoms with van der Waals surface area (Å²) in [4.78, 5) is 24.7. The summed E-state index contributed by atoms with van der Waals surface area (Å²) in [6, 6.07) is 1.72. The molecule has 0 radical (unpaired) electrons. The van der Waals surface area contributed by atoms with Crippen molar-refractivity contribution in [2.45, 2.75) is 25.8 Å². The Kier molecular flexibility index (Phi) is 5.76. The van der Waals surface area contributed by atoms with Gasteiger partial charge in [-0.05, 0) is 19.8 Å². The molecule has 1 aliphatic heterocycles. The van der Waals surface area contributed by atoms with E-state index in [1.165, 1.54) is 0 Å². The topological polar surface area (TPSA) is 103 Å². The molecule has 0 spiro atoms. The van der Waals surface area contributed by atoms with Crippen LogP contribution < -0.4 is 10.2 Å². The molecule has 1 fully saturated rings. The molecule has 0 saturated carbocycles. The predicted octanol–water partition coefficient (Wildman–Crippen LogP) is 2.73. The first-order valence-corrected chi connectivity index (χ1v) is 9.04. The zero-order valence-electron chi connectivity index (χ0n) is 15.7. The number of hydrogen-bond acceptors (Lipinski definition) is 7. The monoisotopic (exact) mass is 391 g/mol. The lowest BCUT2D eigenvalue weighted by atomic mass is 10.0. The zero-order chi connectivity index (χ0) is 20.3. The fourth-order valence-corrected chi connectivity index (χ4v) is 3.32. The molecular formula is C18H22FN5O4. The third-order valence-electron chi connectivity index (χ3n) is 4.61. The van der Waals surface area contributed by atoms with E-state index in [9.17, 15) is 19.3 Å². The van der Waals surface area contributed by atoms with Crippen molar-refractivity contribution in [3.05, 3.63) is 46.0 Å². The lowest BCUT2D eigenvalue weighted by Gasteiger charge is -2.34. The van der Waals surface area contributed by atoms with E-state index in [4.69, 9.17) is 4.74 Å². The summed E-state index contributed by atoms with van der Waals surface area (Å²) in [7, 11) is 1.83. The number of carbonyl (C=O) groups excluding carboxylic acids is 1. The largest absolute Gasteiger partial charge is 0.462 e. The molecule has 150 valence electrons. The Balaban J connectivity index is 1.85. The van der Waals surface area contributed by atoms with Crippen molar-refractivity contribution in [3.63, 3.8) is 0 Å². The molecule has 1 atom stereocenters. The van der Waals surface area contributed by atoms with Gasteiger partial charge in [-0.25, -0.2) is 9.18 Å². The quantitative estimate of drug-likeness (QED) is 0.459. The number of hydrogen-bond donors (Lipinski definition) is 1. The minimum Gasteiger partial charge on any atom is -0.462 e. The number of nitrogens with one attached hydrogen (secondary N) is 1. The molecule has 2 aromatic rings. The standard InChI is InChI=1S/C18H22FN5O4/c1-3-28-18(25)15-7-13(24(26)27)8-16(19)17(15)21-12-5-4-6-23(10-12)14-9-20-22(2)11-14/h7-9,11-12,21H,3-6,10H2,1-2H3. The molecule has 0 amide bonds. The number of rotatable bonds is 6. The third kappa shape index (κ3) is 4.21. The maximum atomic E-state index is 14.6. The Hall–Kier alpha value is -3.17. The molecule has 10 heteroatoms. The van der Waals surface area contributed by atoms with Crippen molar-refractivity contribution in [1.29, 1.82) is 0 Å². The maximum Gasteiger partial charge on any atom is 0.340 e. The number of aromatic nitrogens is 2. The van der Waals surface area contributed by atoms with Gasteiger partial charge in [0.05, 0.1) is 40.7 Å². The summed E-state index contributed by atoms with van der Waals surface area (Å²) < 4.78 is 21.3. The minimum atomic E-state index is -0.851. The normalized spacial score (nSPS) is 16.7. The van der Waals surface area contributed by atoms with Crippen LogP contribution in [0.1, 0.15) is 30.1 Å². The first kappa shape index (κ1) is 19.6. The highest BCUT2D eigenvalue weighted by molar-refractivity contribution is 5.96. The second kappa shape index (κ2) is 8.24. The first-order chi connectivity index (χ1) is 13.4. The SMILES string of the molecule is CCOC(=O)c1cc([N+](=O)[O-])cc(F)c1NC1CCCN(c2cnn(C)c2)C1. The summed E-state index contributed by atoms with van der Waals surface area (Å²) >= 11 is 0. The zero-order valence-corrected chi connectivity index (χ0v) is 15.7. The molecular weight excluding hydrogens is 369 g/mol. The van der Waals surface area contributed by atoms with Gasteiger partial charge in [0.2, 0.25) is 0 Å². The minimum absolute atomic E-state index is 0.0675. The van der Waals surface area contributed by atoms with E-state index in [0.717, 1.165) is 37.2 Å². The molecule has 1 saturated heterocycles. The summed E-state index contributed by atoms with van der Waals surface area (Å²) in [5.41, 5.74) is 0.227. The summed E-state index contributed by atoms with van der Waals surface area (Å²) in [5.74, 6) is -1.65. The van der Waals surface area contributed by atoms with Crippen molar-refractivity contribution < 1.29 is 18.8 Å². The third-order valence-corrected chi connectivity index (χ3v) is 4.61. The van der Waals surface area contributed by atoms with Crippen LogP contribution in [-0.2, 0) is 11.8 Å². The van der Waals surface area contributed by atoms with Gasteiger partial charge in [-0.3, -0.25) is 14.8 Å². The number of piperidine rings is 1. The molecule has 0 bridgehead atoms. The molecule has 28 heavy (non-hydrogen) atoms. The second-order valence-electron chi connectivity index (χ2n) is 6.63. The van der Waals surface area contributed by atoms with Crippen LogP contribution in [0.15, 0.2) is 24.5 Å². The van der Waals surface area contributed by atoms with Gasteiger partial charge in [0.15, 0.2) is 5.82 Å². The molecule has 9 nitrogen and oxygen atoms in total. The van der Waals surface area contributed by atoms with Crippen LogP contribution >= 0.6 is 0 Å². The van der Waals surface area contributed by atoms with Crippen LogP contribution in [0.3, 0.4) is 0 Å². The summed E-state index contributed by atoms with van der Waals surface area (Å²) in [6.07, 6.45) is 5.31. The van der Waals surface area contributed by atoms with Crippen molar-refractivity contribution in [1.82, 2.24) is 9.78 Å². The number of carbonyl (C=O) groups is 1. The maximum absolute atomic E-state index is 14.6. The Morgan fingerprint density at radius 3 is 2.93 bits per heavy atom. The van der Waals surface area contributed by atoms with Gasteiger partial charge in [0.25, 0.3) is 5.69 Å². The highest BCUT2D eigenvalue weighted by Crippen LogP contribution is 2.29. The fourth-order valence-electron chi connectivity index (χ4n) is 3.32. The van der Waals surface area contributed by atoms with E-state index in [0.29, 0.717) is 6.54 Å². The van der Waals surface area contributed by atoms with Crippen molar-refractivity contribution >= 4 is 23.0 Å². The Bertz CT molecular complexity index is 885. The van der Waals surface area contributed by atoms with Crippen LogP contribution in [0.2, 0.25) is 0 Å². The number of nitro benzene ring substituents is 1. The van der Waals surface area contributed by atoms with Crippen molar-refractivity contribution in [2.75, 3.05) is 29.9 Å². The van der Waals surface area contributed by atoms with E-state index >= 15 is 0 Å². The van der Waals surface area contributed by atoms with E-state index in [1.807, 2.05) is 13.2 Å². The van der Waals surface area contributed by atoms with Gasteiger partial charge in [0, 0.05) is 38.4 Å². The van der Waals surface area contributed by atoms with Gasteiger partial charge in [-0.1, -0.05) is 0 Å². The summed E-state index contributed by atoms with van der Waals surface area (Å²) in [6.45, 7) is 3.13. The Morgan fingerprint density at radius 2 is 2.29 bits per heavy atom. The van der Waals surface area contributed by atoms with Crippen LogP contribution in [0.4, 0.5) is 21.5 Å². The van der Waals surface area contributed by atoms with Crippen LogP contribution in [-0.4, -0.2) is 46.4 Å². The highest BCUT2D eigenvalue weighted by atomic mass is 19.1. The van der Waals surface area contributed by atoms with Crippen LogP contribution in [0, 0.1) is 15.9 Å². The molecule has 1 aromatic carbocycles.